The van der Waals surface area contributed by atoms with Gasteiger partial charge in [-0.2, -0.15) is 4.68 Å². The highest BCUT2D eigenvalue weighted by molar-refractivity contribution is 7.09. The average molecular weight is 427 g/mol. The molecule has 5 rings (SSSR count). The molecule has 0 aliphatic carbocycles. The van der Waals surface area contributed by atoms with Crippen LogP contribution in [0.3, 0.4) is 0 Å². The van der Waals surface area contributed by atoms with Crippen LogP contribution in [0.1, 0.15) is 5.01 Å². The van der Waals surface area contributed by atoms with E-state index >= 15 is 0 Å². The molecule has 1 aliphatic heterocycles. The minimum absolute atomic E-state index is 0.0576. The van der Waals surface area contributed by atoms with E-state index in [-0.39, 0.29) is 24.9 Å². The Morgan fingerprint density at radius 1 is 1.23 bits per heavy atom. The van der Waals surface area contributed by atoms with Crippen LogP contribution in [0.25, 0.3) is 23.0 Å². The zero-order chi connectivity index (χ0) is 20.7. The van der Waals surface area contributed by atoms with E-state index in [4.69, 9.17) is 18.4 Å². The maximum atomic E-state index is 12.3. The number of hydrogen-bond donors (Lipinski definition) is 1. The van der Waals surface area contributed by atoms with E-state index in [2.05, 4.69) is 20.6 Å². The Balaban J connectivity index is 1.30. The summed E-state index contributed by atoms with van der Waals surface area (Å²) in [6, 6.07) is 6.55. The van der Waals surface area contributed by atoms with Gasteiger partial charge in [-0.25, -0.2) is 9.78 Å². The molecule has 0 spiro atoms. The third-order valence-electron chi connectivity index (χ3n) is 4.16. The third kappa shape index (κ3) is 3.43. The summed E-state index contributed by atoms with van der Waals surface area (Å²) in [6.45, 7) is 1.67. The van der Waals surface area contributed by atoms with E-state index < -0.39 is 11.7 Å². The number of benzene rings is 1. The summed E-state index contributed by atoms with van der Waals surface area (Å²) in [5, 5.41) is 13.3. The Morgan fingerprint density at radius 3 is 2.93 bits per heavy atom. The summed E-state index contributed by atoms with van der Waals surface area (Å²) in [5.74, 6) is 0.246. The molecule has 0 radical (unpaired) electrons. The summed E-state index contributed by atoms with van der Waals surface area (Å²) in [6.07, 6.45) is 0. The molecule has 1 N–H and O–H groups in total. The molecule has 0 unspecified atom stereocenters. The van der Waals surface area contributed by atoms with Gasteiger partial charge in [0.25, 0.3) is 5.89 Å². The number of hydrogen-bond acceptors (Lipinski definition) is 10. The number of carbonyl (C=O) groups excluding carboxylic acids is 1. The first-order valence-electron chi connectivity index (χ1n) is 8.72. The zero-order valence-corrected chi connectivity index (χ0v) is 16.3. The van der Waals surface area contributed by atoms with E-state index in [1.54, 1.807) is 24.3 Å². The number of amides is 1. The van der Waals surface area contributed by atoms with Crippen LogP contribution in [0.5, 0.6) is 11.5 Å². The van der Waals surface area contributed by atoms with E-state index in [0.717, 1.165) is 9.69 Å². The number of anilines is 1. The second-order valence-corrected chi connectivity index (χ2v) is 7.34. The molecule has 0 saturated heterocycles. The van der Waals surface area contributed by atoms with Gasteiger partial charge in [-0.3, -0.25) is 4.79 Å². The fourth-order valence-electron chi connectivity index (χ4n) is 2.79. The highest BCUT2D eigenvalue weighted by Crippen LogP contribution is 2.34. The molecule has 12 heteroatoms. The minimum atomic E-state index is -0.792. The van der Waals surface area contributed by atoms with Gasteiger partial charge in [0.05, 0.1) is 5.01 Å². The number of aromatic nitrogens is 4. The number of fused-ring (bicyclic) bond motifs is 1. The topological polar surface area (TPSA) is 135 Å². The molecule has 4 aromatic rings. The van der Waals surface area contributed by atoms with Crippen molar-refractivity contribution in [1.82, 2.24) is 19.9 Å². The van der Waals surface area contributed by atoms with Gasteiger partial charge in [0, 0.05) is 23.2 Å². The summed E-state index contributed by atoms with van der Waals surface area (Å²) in [7, 11) is 0. The molecular weight excluding hydrogens is 414 g/mol. The van der Waals surface area contributed by atoms with Crippen molar-refractivity contribution >= 4 is 22.9 Å². The van der Waals surface area contributed by atoms with E-state index in [1.165, 1.54) is 11.3 Å². The summed E-state index contributed by atoms with van der Waals surface area (Å²) in [5.41, 5.74) is 1.35. The number of thiazole rings is 1. The van der Waals surface area contributed by atoms with Crippen LogP contribution < -0.4 is 20.5 Å². The summed E-state index contributed by atoms with van der Waals surface area (Å²) in [4.78, 5) is 28.7. The van der Waals surface area contributed by atoms with Crippen LogP contribution in [0.2, 0.25) is 0 Å². The second kappa shape index (κ2) is 7.15. The van der Waals surface area contributed by atoms with Crippen LogP contribution >= 0.6 is 11.3 Å². The third-order valence-corrected chi connectivity index (χ3v) is 4.93. The van der Waals surface area contributed by atoms with Gasteiger partial charge < -0.3 is 23.7 Å². The zero-order valence-electron chi connectivity index (χ0n) is 15.4. The molecule has 11 nitrogen and oxygen atoms in total. The molecule has 152 valence electrons. The summed E-state index contributed by atoms with van der Waals surface area (Å²) >= 11 is 1.47. The lowest BCUT2D eigenvalue weighted by molar-refractivity contribution is -0.117. The van der Waals surface area contributed by atoms with Gasteiger partial charge >= 0.3 is 5.76 Å². The van der Waals surface area contributed by atoms with Gasteiger partial charge in [-0.15, -0.1) is 16.4 Å². The molecule has 1 aliphatic rings. The molecule has 30 heavy (non-hydrogen) atoms. The van der Waals surface area contributed by atoms with Crippen molar-refractivity contribution in [2.24, 2.45) is 0 Å². The van der Waals surface area contributed by atoms with Crippen molar-refractivity contribution < 1.29 is 23.2 Å². The van der Waals surface area contributed by atoms with Crippen molar-refractivity contribution in [2.45, 2.75) is 13.5 Å². The molecule has 1 amide bonds. The molecular formula is C18H13N5O6S. The molecule has 0 atom stereocenters. The van der Waals surface area contributed by atoms with Crippen LogP contribution in [-0.4, -0.2) is 32.6 Å². The molecule has 0 fully saturated rings. The van der Waals surface area contributed by atoms with Crippen molar-refractivity contribution in [3.8, 4) is 34.5 Å². The Kier molecular flexibility index (Phi) is 4.32. The quantitative estimate of drug-likeness (QED) is 0.509. The maximum absolute atomic E-state index is 12.3. The lowest BCUT2D eigenvalue weighted by atomic mass is 10.3. The SMILES string of the molecule is Cc1nc(-c2cc(-c3nn(CC(=O)Nc4ccc5c(c4)OCO5)c(=O)o3)no2)cs1. The molecule has 0 bridgehead atoms. The van der Waals surface area contributed by atoms with Crippen molar-refractivity contribution in [1.29, 1.82) is 0 Å². The fraction of sp³-hybridized carbons (Fsp3) is 0.167. The lowest BCUT2D eigenvalue weighted by Gasteiger charge is -2.05. The molecule has 3 aromatic heterocycles. The van der Waals surface area contributed by atoms with Gasteiger partial charge in [-0.1, -0.05) is 5.16 Å². The van der Waals surface area contributed by atoms with Crippen LogP contribution in [0.15, 0.2) is 43.4 Å². The Morgan fingerprint density at radius 2 is 2.10 bits per heavy atom. The normalized spacial score (nSPS) is 12.3. The minimum Gasteiger partial charge on any atom is -0.454 e. The Hall–Kier alpha value is -3.93. The first-order valence-corrected chi connectivity index (χ1v) is 9.60. The van der Waals surface area contributed by atoms with Crippen molar-refractivity contribution in [3.05, 3.63) is 45.2 Å². The van der Waals surface area contributed by atoms with Gasteiger partial charge in [0.1, 0.15) is 12.2 Å². The summed E-state index contributed by atoms with van der Waals surface area (Å²) < 4.78 is 21.7. The predicted molar refractivity (Wildman–Crippen MR) is 103 cm³/mol. The van der Waals surface area contributed by atoms with Gasteiger partial charge in [-0.05, 0) is 19.1 Å². The average Bonchev–Trinajstić information content (AvgIpc) is 3.49. The fourth-order valence-corrected chi connectivity index (χ4v) is 3.40. The lowest BCUT2D eigenvalue weighted by Crippen LogP contribution is -2.25. The second-order valence-electron chi connectivity index (χ2n) is 6.28. The first kappa shape index (κ1) is 18.1. The largest absolute Gasteiger partial charge is 0.454 e. The van der Waals surface area contributed by atoms with Crippen molar-refractivity contribution in [2.75, 3.05) is 12.1 Å². The van der Waals surface area contributed by atoms with E-state index in [0.29, 0.717) is 28.6 Å². The van der Waals surface area contributed by atoms with Gasteiger partial charge in [0.2, 0.25) is 12.7 Å². The highest BCUT2D eigenvalue weighted by Gasteiger charge is 2.19. The Labute approximate surface area is 171 Å². The number of aryl methyl sites for hydroxylation is 1. The van der Waals surface area contributed by atoms with Crippen LogP contribution in [-0.2, 0) is 11.3 Å². The van der Waals surface area contributed by atoms with Crippen LogP contribution in [0, 0.1) is 6.92 Å². The molecule has 4 heterocycles. The van der Waals surface area contributed by atoms with E-state index in [9.17, 15) is 9.59 Å². The van der Waals surface area contributed by atoms with Crippen LogP contribution in [0.4, 0.5) is 5.69 Å². The first-order chi connectivity index (χ1) is 14.5. The predicted octanol–water partition coefficient (Wildman–Crippen LogP) is 2.29. The maximum Gasteiger partial charge on any atom is 0.437 e. The molecule has 0 saturated carbocycles. The number of nitrogens with one attached hydrogen (secondary N) is 1. The van der Waals surface area contributed by atoms with E-state index in [1.807, 2.05) is 12.3 Å². The molecule has 1 aromatic carbocycles. The smallest absolute Gasteiger partial charge is 0.437 e. The number of rotatable bonds is 5. The van der Waals surface area contributed by atoms with Crippen molar-refractivity contribution in [3.63, 3.8) is 0 Å². The highest BCUT2D eigenvalue weighted by atomic mass is 32.1. The number of carbonyl (C=O) groups is 1. The number of ether oxygens (including phenoxy) is 2. The Bertz CT molecular complexity index is 1300. The monoisotopic (exact) mass is 427 g/mol. The van der Waals surface area contributed by atoms with Gasteiger partial charge in [0.15, 0.2) is 23.0 Å². The standard InChI is InChI=1S/C18H13N5O6S/c1-9-19-12(7-30-9)14-5-11(22-29-14)17-21-23(18(25)28-17)6-16(24)20-10-2-3-13-15(4-10)27-8-26-13/h2-5,7H,6,8H2,1H3,(H,20,24). The number of nitrogens with zero attached hydrogens (tertiary/aromatic N) is 4.